The summed E-state index contributed by atoms with van der Waals surface area (Å²) in [7, 11) is 0. The molecule has 1 saturated heterocycles. The highest BCUT2D eigenvalue weighted by atomic mass is 32.2. The summed E-state index contributed by atoms with van der Waals surface area (Å²) in [5.74, 6) is -0.839. The Labute approximate surface area is 130 Å². The third-order valence-corrected chi connectivity index (χ3v) is 4.74. The Balaban J connectivity index is 1.86. The van der Waals surface area contributed by atoms with Gasteiger partial charge in [0.2, 0.25) is 0 Å². The number of aromatic carboxylic acids is 1. The molecule has 1 aromatic heterocycles. The maximum atomic E-state index is 11.3. The van der Waals surface area contributed by atoms with Crippen LogP contribution in [0.1, 0.15) is 21.5 Å². The van der Waals surface area contributed by atoms with Crippen LogP contribution in [0.15, 0.2) is 40.8 Å². The van der Waals surface area contributed by atoms with Crippen molar-refractivity contribution in [1.82, 2.24) is 5.32 Å². The Bertz CT molecular complexity index is 726. The Morgan fingerprint density at radius 3 is 2.64 bits per heavy atom. The van der Waals surface area contributed by atoms with Gasteiger partial charge in [0.15, 0.2) is 0 Å². The van der Waals surface area contributed by atoms with Crippen LogP contribution in [0.2, 0.25) is 0 Å². The van der Waals surface area contributed by atoms with E-state index >= 15 is 0 Å². The predicted octanol–water partition coefficient (Wildman–Crippen LogP) is 2.43. The molecule has 22 heavy (non-hydrogen) atoms. The Morgan fingerprint density at radius 2 is 1.95 bits per heavy atom. The van der Waals surface area contributed by atoms with Gasteiger partial charge in [0.1, 0.15) is 22.1 Å². The van der Waals surface area contributed by atoms with Crippen molar-refractivity contribution >= 4 is 23.7 Å². The molecule has 0 saturated carbocycles. The molecule has 3 rings (SSSR count). The van der Waals surface area contributed by atoms with Gasteiger partial charge in [0.05, 0.1) is 5.56 Å². The van der Waals surface area contributed by atoms with Crippen molar-refractivity contribution in [3.63, 3.8) is 0 Å². The fourth-order valence-corrected chi connectivity index (χ4v) is 3.40. The van der Waals surface area contributed by atoms with E-state index in [0.29, 0.717) is 23.6 Å². The number of nitrogens with one attached hydrogen (secondary N) is 1. The van der Waals surface area contributed by atoms with Crippen molar-refractivity contribution in [3.8, 4) is 11.3 Å². The van der Waals surface area contributed by atoms with E-state index in [4.69, 9.17) is 9.52 Å². The van der Waals surface area contributed by atoms with Gasteiger partial charge in [-0.1, -0.05) is 18.2 Å². The summed E-state index contributed by atoms with van der Waals surface area (Å²) in [5, 5.41) is 20.5. The lowest BCUT2D eigenvalue weighted by Crippen LogP contribution is -2.21. The molecule has 2 aromatic rings. The van der Waals surface area contributed by atoms with E-state index in [0.717, 1.165) is 0 Å². The summed E-state index contributed by atoms with van der Waals surface area (Å²) in [5.41, 5.74) is 0.665. The van der Waals surface area contributed by atoms with E-state index in [2.05, 4.69) is 5.32 Å². The molecule has 0 amide bonds. The minimum atomic E-state index is -1.02. The minimum absolute atomic E-state index is 0.166. The first kappa shape index (κ1) is 14.7. The molecular weight excluding hydrogens is 306 g/mol. The highest BCUT2D eigenvalue weighted by Crippen LogP contribution is 2.37. The number of carbonyl (C=O) groups is 2. The monoisotopic (exact) mass is 319 g/mol. The lowest BCUT2D eigenvalue weighted by molar-refractivity contribution is -0.136. The normalized spacial score (nSPS) is 20.9. The summed E-state index contributed by atoms with van der Waals surface area (Å²) in [6.07, 6.45) is 0. The van der Waals surface area contributed by atoms with Crippen LogP contribution in [0, 0.1) is 0 Å². The predicted molar refractivity (Wildman–Crippen MR) is 80.9 cm³/mol. The van der Waals surface area contributed by atoms with Crippen molar-refractivity contribution in [2.45, 2.75) is 10.6 Å². The molecule has 2 heterocycles. The molecule has 6 nitrogen and oxygen atoms in total. The molecule has 1 aromatic carbocycles. The molecule has 1 aliphatic heterocycles. The molecule has 0 bridgehead atoms. The van der Waals surface area contributed by atoms with Gasteiger partial charge in [0.25, 0.3) is 0 Å². The van der Waals surface area contributed by atoms with Crippen molar-refractivity contribution in [3.05, 3.63) is 47.7 Å². The van der Waals surface area contributed by atoms with Gasteiger partial charge in [-0.3, -0.25) is 10.1 Å². The number of benzene rings is 1. The third kappa shape index (κ3) is 2.72. The Hall–Kier alpha value is -2.25. The zero-order chi connectivity index (χ0) is 15.7. The summed E-state index contributed by atoms with van der Waals surface area (Å²) in [4.78, 5) is 22.2. The standard InChI is InChI=1S/C15H13NO5S/c17-14(18)9-4-2-1-3-8(9)10-5-6-11(21-10)13-16-7-12(22-13)15(19)20/h1-6,12-13,16H,7H2,(H,17,18)(H,19,20)/t12-,13-/m1/s1. The largest absolute Gasteiger partial charge is 0.480 e. The minimum Gasteiger partial charge on any atom is -0.480 e. The maximum absolute atomic E-state index is 11.3. The molecule has 1 fully saturated rings. The lowest BCUT2D eigenvalue weighted by Gasteiger charge is -2.06. The first-order valence-corrected chi connectivity index (χ1v) is 7.54. The molecule has 0 radical (unpaired) electrons. The zero-order valence-electron chi connectivity index (χ0n) is 11.4. The van der Waals surface area contributed by atoms with Gasteiger partial charge in [-0.05, 0) is 18.2 Å². The summed E-state index contributed by atoms with van der Waals surface area (Å²) >= 11 is 1.27. The fourth-order valence-electron chi connectivity index (χ4n) is 2.31. The molecule has 2 atom stereocenters. The van der Waals surface area contributed by atoms with Crippen molar-refractivity contribution in [1.29, 1.82) is 0 Å². The summed E-state index contributed by atoms with van der Waals surface area (Å²) in [6, 6.07) is 10.0. The van der Waals surface area contributed by atoms with Gasteiger partial charge in [0, 0.05) is 12.1 Å². The SMILES string of the molecule is O=C(O)c1ccccc1-c1ccc([C@@H]2NC[C@H](C(=O)O)S2)o1. The molecular formula is C15H13NO5S. The molecule has 114 valence electrons. The number of thioether (sulfide) groups is 1. The second kappa shape index (κ2) is 5.86. The van der Waals surface area contributed by atoms with Crippen molar-refractivity contribution in [2.75, 3.05) is 6.54 Å². The van der Waals surface area contributed by atoms with Gasteiger partial charge >= 0.3 is 11.9 Å². The van der Waals surface area contributed by atoms with Crippen LogP contribution in [0.3, 0.4) is 0 Å². The van der Waals surface area contributed by atoms with Crippen molar-refractivity contribution < 1.29 is 24.2 Å². The molecule has 3 N–H and O–H groups in total. The number of carboxylic acids is 2. The average molecular weight is 319 g/mol. The number of hydrogen-bond donors (Lipinski definition) is 3. The molecule has 7 heteroatoms. The summed E-state index contributed by atoms with van der Waals surface area (Å²) < 4.78 is 5.73. The van der Waals surface area contributed by atoms with Gasteiger partial charge in [-0.15, -0.1) is 11.8 Å². The topological polar surface area (TPSA) is 99.8 Å². The van der Waals surface area contributed by atoms with E-state index < -0.39 is 17.2 Å². The first-order chi connectivity index (χ1) is 10.6. The Morgan fingerprint density at radius 1 is 1.18 bits per heavy atom. The van der Waals surface area contributed by atoms with E-state index in [-0.39, 0.29) is 10.9 Å². The molecule has 0 aliphatic carbocycles. The van der Waals surface area contributed by atoms with Crippen LogP contribution in [-0.4, -0.2) is 33.9 Å². The highest BCUT2D eigenvalue weighted by molar-refractivity contribution is 8.01. The summed E-state index contributed by atoms with van der Waals surface area (Å²) in [6.45, 7) is 0.367. The number of hydrogen-bond acceptors (Lipinski definition) is 5. The quantitative estimate of drug-likeness (QED) is 0.795. The van der Waals surface area contributed by atoms with Crippen LogP contribution in [0.5, 0.6) is 0 Å². The zero-order valence-corrected chi connectivity index (χ0v) is 12.2. The van der Waals surface area contributed by atoms with Crippen LogP contribution >= 0.6 is 11.8 Å². The van der Waals surface area contributed by atoms with E-state index in [1.165, 1.54) is 17.8 Å². The fraction of sp³-hybridized carbons (Fsp3) is 0.200. The van der Waals surface area contributed by atoms with Crippen LogP contribution in [0.25, 0.3) is 11.3 Å². The van der Waals surface area contributed by atoms with Crippen molar-refractivity contribution in [2.24, 2.45) is 0 Å². The van der Waals surface area contributed by atoms with E-state index in [1.807, 2.05) is 0 Å². The first-order valence-electron chi connectivity index (χ1n) is 6.60. The van der Waals surface area contributed by atoms with E-state index in [1.54, 1.807) is 30.3 Å². The van der Waals surface area contributed by atoms with Gasteiger partial charge in [-0.25, -0.2) is 4.79 Å². The average Bonchev–Trinajstić information content (AvgIpc) is 3.16. The maximum Gasteiger partial charge on any atom is 0.336 e. The smallest absolute Gasteiger partial charge is 0.336 e. The van der Waals surface area contributed by atoms with Crippen LogP contribution in [-0.2, 0) is 4.79 Å². The highest BCUT2D eigenvalue weighted by Gasteiger charge is 2.32. The number of aliphatic carboxylic acids is 1. The molecule has 1 aliphatic rings. The third-order valence-electron chi connectivity index (χ3n) is 3.37. The second-order valence-electron chi connectivity index (χ2n) is 4.80. The lowest BCUT2D eigenvalue weighted by atomic mass is 10.1. The molecule has 0 spiro atoms. The van der Waals surface area contributed by atoms with Gasteiger partial charge in [-0.2, -0.15) is 0 Å². The number of rotatable bonds is 4. The van der Waals surface area contributed by atoms with Crippen LogP contribution < -0.4 is 5.32 Å². The number of furan rings is 1. The number of carboxylic acid groups (broad SMARTS) is 2. The molecule has 0 unspecified atom stereocenters. The Kier molecular flexibility index (Phi) is 3.91. The van der Waals surface area contributed by atoms with Gasteiger partial charge < -0.3 is 14.6 Å². The van der Waals surface area contributed by atoms with E-state index in [9.17, 15) is 14.7 Å². The second-order valence-corrected chi connectivity index (χ2v) is 6.12. The van der Waals surface area contributed by atoms with Crippen LogP contribution in [0.4, 0.5) is 0 Å².